The first-order valence-electron chi connectivity index (χ1n) is 6.39. The summed E-state index contributed by atoms with van der Waals surface area (Å²) in [7, 11) is 0. The quantitative estimate of drug-likeness (QED) is 0.796. The highest BCUT2D eigenvalue weighted by Crippen LogP contribution is 2.38. The first-order valence-corrected chi connectivity index (χ1v) is 6.39. The molecule has 0 saturated heterocycles. The highest BCUT2D eigenvalue weighted by molar-refractivity contribution is 5.23. The molecular formula is C14H19F2N. The minimum Gasteiger partial charge on any atom is -0.310 e. The molecule has 0 aromatic heterocycles. The van der Waals surface area contributed by atoms with E-state index in [0.717, 1.165) is 19.4 Å². The third-order valence-electron chi connectivity index (χ3n) is 3.25. The van der Waals surface area contributed by atoms with Crippen LogP contribution in [-0.2, 0) is 0 Å². The average Bonchev–Trinajstić information content (AvgIpc) is 3.09. The van der Waals surface area contributed by atoms with Crippen molar-refractivity contribution in [2.45, 2.75) is 38.6 Å². The van der Waals surface area contributed by atoms with Gasteiger partial charge < -0.3 is 5.32 Å². The van der Waals surface area contributed by atoms with E-state index in [1.165, 1.54) is 31.0 Å². The van der Waals surface area contributed by atoms with Crippen molar-refractivity contribution in [3.63, 3.8) is 0 Å². The molecule has 94 valence electrons. The van der Waals surface area contributed by atoms with Gasteiger partial charge in [0.25, 0.3) is 0 Å². The van der Waals surface area contributed by atoms with Crippen molar-refractivity contribution in [1.82, 2.24) is 5.32 Å². The number of hydrogen-bond acceptors (Lipinski definition) is 1. The molecule has 1 N–H and O–H groups in total. The highest BCUT2D eigenvalue weighted by atomic mass is 19.1. The van der Waals surface area contributed by atoms with E-state index in [1.54, 1.807) is 0 Å². The van der Waals surface area contributed by atoms with Gasteiger partial charge in [-0.15, -0.1) is 0 Å². The summed E-state index contributed by atoms with van der Waals surface area (Å²) in [5.41, 5.74) is 0.216. The van der Waals surface area contributed by atoms with Gasteiger partial charge in [0.05, 0.1) is 0 Å². The Morgan fingerprint density at radius 2 is 1.94 bits per heavy atom. The largest absolute Gasteiger partial charge is 0.310 e. The molecule has 17 heavy (non-hydrogen) atoms. The number of nitrogens with one attached hydrogen (secondary N) is 1. The molecule has 1 fully saturated rings. The molecule has 0 aliphatic heterocycles. The minimum absolute atomic E-state index is 0.177. The van der Waals surface area contributed by atoms with Crippen LogP contribution >= 0.6 is 0 Å². The Kier molecular flexibility index (Phi) is 4.11. The fourth-order valence-corrected chi connectivity index (χ4v) is 2.15. The molecule has 0 heterocycles. The van der Waals surface area contributed by atoms with Crippen LogP contribution in [0, 0.1) is 17.6 Å². The van der Waals surface area contributed by atoms with E-state index in [4.69, 9.17) is 0 Å². The summed E-state index contributed by atoms with van der Waals surface area (Å²) in [5, 5.41) is 3.26. The molecule has 3 heteroatoms. The molecule has 1 saturated carbocycles. The Morgan fingerprint density at radius 3 is 2.47 bits per heavy atom. The Hall–Kier alpha value is -0.960. The zero-order valence-electron chi connectivity index (χ0n) is 10.2. The van der Waals surface area contributed by atoms with Gasteiger partial charge in [0.15, 0.2) is 0 Å². The SMILES string of the molecule is CCCNC(CC1CC1)c1c(F)cccc1F. The molecule has 2 rings (SSSR count). The molecular weight excluding hydrogens is 220 g/mol. The monoisotopic (exact) mass is 239 g/mol. The molecule has 1 aromatic carbocycles. The molecule has 1 aliphatic carbocycles. The summed E-state index contributed by atoms with van der Waals surface area (Å²) in [6.45, 7) is 2.85. The van der Waals surface area contributed by atoms with Gasteiger partial charge in [-0.1, -0.05) is 25.8 Å². The Bertz CT molecular complexity index is 354. The van der Waals surface area contributed by atoms with Crippen LogP contribution in [0.3, 0.4) is 0 Å². The highest BCUT2D eigenvalue weighted by Gasteiger charge is 2.28. The average molecular weight is 239 g/mol. The molecule has 1 atom stereocenters. The maximum atomic E-state index is 13.7. The fraction of sp³-hybridized carbons (Fsp3) is 0.571. The molecule has 0 amide bonds. The van der Waals surface area contributed by atoms with Gasteiger partial charge in [0.2, 0.25) is 0 Å². The molecule has 0 spiro atoms. The van der Waals surface area contributed by atoms with Crippen LogP contribution in [0.2, 0.25) is 0 Å². The van der Waals surface area contributed by atoms with E-state index in [0.29, 0.717) is 5.92 Å². The van der Waals surface area contributed by atoms with E-state index in [1.807, 2.05) is 0 Å². The van der Waals surface area contributed by atoms with E-state index in [2.05, 4.69) is 12.2 Å². The maximum absolute atomic E-state index is 13.7. The number of benzene rings is 1. The maximum Gasteiger partial charge on any atom is 0.130 e. The van der Waals surface area contributed by atoms with Crippen LogP contribution in [-0.4, -0.2) is 6.54 Å². The van der Waals surface area contributed by atoms with Crippen LogP contribution in [0.4, 0.5) is 8.78 Å². The molecule has 1 unspecified atom stereocenters. The fourth-order valence-electron chi connectivity index (χ4n) is 2.15. The Labute approximate surface area is 101 Å². The molecule has 0 radical (unpaired) electrons. The predicted octanol–water partition coefficient (Wildman–Crippen LogP) is 3.81. The summed E-state index contributed by atoms with van der Waals surface area (Å²) in [5.74, 6) is -0.220. The van der Waals surface area contributed by atoms with Crippen molar-refractivity contribution in [1.29, 1.82) is 0 Å². The van der Waals surface area contributed by atoms with Gasteiger partial charge >= 0.3 is 0 Å². The number of hydrogen-bond donors (Lipinski definition) is 1. The zero-order chi connectivity index (χ0) is 12.3. The lowest BCUT2D eigenvalue weighted by Gasteiger charge is -2.20. The number of halogens is 2. The van der Waals surface area contributed by atoms with Gasteiger partial charge in [-0.2, -0.15) is 0 Å². The van der Waals surface area contributed by atoms with Crippen molar-refractivity contribution in [3.05, 3.63) is 35.4 Å². The first kappa shape index (κ1) is 12.5. The first-order chi connectivity index (χ1) is 8.22. The lowest BCUT2D eigenvalue weighted by Crippen LogP contribution is -2.24. The second-order valence-electron chi connectivity index (χ2n) is 4.82. The van der Waals surface area contributed by atoms with Gasteiger partial charge in [0.1, 0.15) is 11.6 Å². The van der Waals surface area contributed by atoms with Crippen LogP contribution in [0.1, 0.15) is 44.2 Å². The minimum atomic E-state index is -0.431. The van der Waals surface area contributed by atoms with E-state index >= 15 is 0 Å². The topological polar surface area (TPSA) is 12.0 Å². The third kappa shape index (κ3) is 3.25. The normalized spacial score (nSPS) is 17.1. The number of rotatable bonds is 6. The lowest BCUT2D eigenvalue weighted by atomic mass is 9.99. The van der Waals surface area contributed by atoms with Crippen LogP contribution in [0.5, 0.6) is 0 Å². The summed E-state index contributed by atoms with van der Waals surface area (Å²) < 4.78 is 27.4. The summed E-state index contributed by atoms with van der Waals surface area (Å²) in [4.78, 5) is 0. The molecule has 1 aliphatic rings. The van der Waals surface area contributed by atoms with Gasteiger partial charge in [-0.25, -0.2) is 8.78 Å². The molecule has 1 nitrogen and oxygen atoms in total. The lowest BCUT2D eigenvalue weighted by molar-refractivity contribution is 0.430. The second-order valence-corrected chi connectivity index (χ2v) is 4.82. The van der Waals surface area contributed by atoms with Crippen molar-refractivity contribution in [2.75, 3.05) is 6.54 Å². The van der Waals surface area contributed by atoms with E-state index in [9.17, 15) is 8.78 Å². The molecule has 0 bridgehead atoms. The second kappa shape index (κ2) is 5.58. The summed E-state index contributed by atoms with van der Waals surface area (Å²) >= 11 is 0. The Balaban J connectivity index is 2.16. The van der Waals surface area contributed by atoms with Crippen molar-refractivity contribution in [3.8, 4) is 0 Å². The van der Waals surface area contributed by atoms with Gasteiger partial charge in [-0.3, -0.25) is 0 Å². The van der Waals surface area contributed by atoms with Crippen LogP contribution < -0.4 is 5.32 Å². The third-order valence-corrected chi connectivity index (χ3v) is 3.25. The van der Waals surface area contributed by atoms with Crippen LogP contribution in [0.15, 0.2) is 18.2 Å². The predicted molar refractivity (Wildman–Crippen MR) is 64.7 cm³/mol. The molecule has 1 aromatic rings. The van der Waals surface area contributed by atoms with Crippen molar-refractivity contribution in [2.24, 2.45) is 5.92 Å². The zero-order valence-corrected chi connectivity index (χ0v) is 10.2. The van der Waals surface area contributed by atoms with Crippen LogP contribution in [0.25, 0.3) is 0 Å². The Morgan fingerprint density at radius 1 is 1.29 bits per heavy atom. The smallest absolute Gasteiger partial charge is 0.130 e. The van der Waals surface area contributed by atoms with Gasteiger partial charge in [0, 0.05) is 11.6 Å². The van der Waals surface area contributed by atoms with Crippen molar-refractivity contribution < 1.29 is 8.78 Å². The summed E-state index contributed by atoms with van der Waals surface area (Å²) in [6.07, 6.45) is 4.20. The standard InChI is InChI=1S/C14H19F2N/c1-2-8-17-13(9-10-6-7-10)14-11(15)4-3-5-12(14)16/h3-5,10,13,17H,2,6-9H2,1H3. The van der Waals surface area contributed by atoms with Crippen molar-refractivity contribution >= 4 is 0 Å². The summed E-state index contributed by atoms with van der Waals surface area (Å²) in [6, 6.07) is 3.92. The van der Waals surface area contributed by atoms with Gasteiger partial charge in [-0.05, 0) is 37.4 Å². The van der Waals surface area contributed by atoms with E-state index in [-0.39, 0.29) is 11.6 Å². The van der Waals surface area contributed by atoms with E-state index < -0.39 is 11.6 Å².